The van der Waals surface area contributed by atoms with Crippen LogP contribution in [0.1, 0.15) is 36.8 Å². The van der Waals surface area contributed by atoms with Gasteiger partial charge in [0, 0.05) is 24.8 Å². The largest absolute Gasteiger partial charge is 0.469 e. The fourth-order valence-electron chi connectivity index (χ4n) is 2.78. The summed E-state index contributed by atoms with van der Waals surface area (Å²) in [4.78, 5) is 22.8. The van der Waals surface area contributed by atoms with E-state index in [2.05, 4.69) is 14.9 Å². The van der Waals surface area contributed by atoms with E-state index >= 15 is 0 Å². The first-order valence-electron chi connectivity index (χ1n) is 7.18. The molecule has 0 saturated carbocycles. The average Bonchev–Trinajstić information content (AvgIpc) is 2.45. The van der Waals surface area contributed by atoms with Crippen LogP contribution >= 0.6 is 0 Å². The van der Waals surface area contributed by atoms with Crippen molar-refractivity contribution < 1.29 is 9.53 Å². The zero-order valence-corrected chi connectivity index (χ0v) is 12.8. The second-order valence-corrected chi connectivity index (χ2v) is 5.53. The fourth-order valence-corrected chi connectivity index (χ4v) is 2.78. The second-order valence-electron chi connectivity index (χ2n) is 5.53. The molecule has 1 aliphatic rings. The molecule has 0 aromatic carbocycles. The van der Waals surface area contributed by atoms with Gasteiger partial charge in [0.05, 0.1) is 13.0 Å². The van der Waals surface area contributed by atoms with Crippen molar-refractivity contribution in [3.05, 3.63) is 17.1 Å². The maximum atomic E-state index is 11.6. The number of aryl methyl sites for hydroxylation is 2. The minimum atomic E-state index is -0.184. The number of hydrogen-bond donors (Lipinski definition) is 0. The van der Waals surface area contributed by atoms with Crippen molar-refractivity contribution in [2.45, 2.75) is 39.5 Å². The lowest BCUT2D eigenvalue weighted by Crippen LogP contribution is -2.31. The molecule has 5 nitrogen and oxygen atoms in total. The Bertz CT molecular complexity index is 502. The summed E-state index contributed by atoms with van der Waals surface area (Å²) < 4.78 is 4.79. The first-order valence-corrected chi connectivity index (χ1v) is 7.18. The number of aromatic nitrogens is 2. The van der Waals surface area contributed by atoms with Crippen LogP contribution < -0.4 is 4.90 Å². The van der Waals surface area contributed by atoms with Gasteiger partial charge in [0.15, 0.2) is 0 Å². The van der Waals surface area contributed by atoms with Gasteiger partial charge in [-0.2, -0.15) is 0 Å². The minimum Gasteiger partial charge on any atom is -0.469 e. The van der Waals surface area contributed by atoms with Crippen LogP contribution in [0.25, 0.3) is 0 Å². The van der Waals surface area contributed by atoms with Crippen molar-refractivity contribution in [3.63, 3.8) is 0 Å². The minimum absolute atomic E-state index is 0.167. The van der Waals surface area contributed by atoms with E-state index in [0.29, 0.717) is 6.54 Å². The summed E-state index contributed by atoms with van der Waals surface area (Å²) >= 11 is 0. The highest BCUT2D eigenvalue weighted by atomic mass is 16.5. The lowest BCUT2D eigenvalue weighted by atomic mass is 9.96. The molecule has 2 rings (SSSR count). The van der Waals surface area contributed by atoms with E-state index in [-0.39, 0.29) is 11.9 Å². The van der Waals surface area contributed by atoms with Crippen LogP contribution in [0.15, 0.2) is 0 Å². The van der Waals surface area contributed by atoms with E-state index in [9.17, 15) is 4.79 Å². The van der Waals surface area contributed by atoms with Crippen LogP contribution in [0.2, 0.25) is 0 Å². The summed E-state index contributed by atoms with van der Waals surface area (Å²) in [5.41, 5.74) is 2.43. The van der Waals surface area contributed by atoms with Crippen molar-refractivity contribution in [2.75, 3.05) is 25.6 Å². The molecule has 20 heavy (non-hydrogen) atoms. The monoisotopic (exact) mass is 277 g/mol. The van der Waals surface area contributed by atoms with E-state index in [1.807, 2.05) is 20.9 Å². The zero-order chi connectivity index (χ0) is 14.7. The van der Waals surface area contributed by atoms with Gasteiger partial charge in [0.25, 0.3) is 0 Å². The molecule has 0 radical (unpaired) electrons. The van der Waals surface area contributed by atoms with Crippen LogP contribution in [-0.4, -0.2) is 36.6 Å². The molecule has 110 valence electrons. The molecule has 1 aliphatic carbocycles. The molecule has 1 heterocycles. The Labute approximate surface area is 120 Å². The first kappa shape index (κ1) is 14.8. The predicted octanol–water partition coefficient (Wildman–Crippen LogP) is 1.91. The number of fused-ring (bicyclic) bond motifs is 1. The van der Waals surface area contributed by atoms with Gasteiger partial charge in [-0.3, -0.25) is 4.79 Å². The third-order valence-electron chi connectivity index (χ3n) is 3.79. The second kappa shape index (κ2) is 6.20. The lowest BCUT2D eigenvalue weighted by molar-refractivity contribution is -0.144. The molecule has 1 aromatic heterocycles. The molecule has 0 amide bonds. The number of anilines is 1. The van der Waals surface area contributed by atoms with E-state index in [0.717, 1.165) is 24.5 Å². The molecule has 0 fully saturated rings. The number of nitrogens with zero attached hydrogens (tertiary/aromatic N) is 3. The van der Waals surface area contributed by atoms with Gasteiger partial charge in [-0.1, -0.05) is 6.92 Å². The summed E-state index contributed by atoms with van der Waals surface area (Å²) in [5, 5.41) is 0. The first-order chi connectivity index (χ1) is 9.52. The molecule has 0 aliphatic heterocycles. The number of esters is 1. The number of ether oxygens (including phenoxy) is 1. The van der Waals surface area contributed by atoms with Crippen molar-refractivity contribution in [3.8, 4) is 0 Å². The van der Waals surface area contributed by atoms with Gasteiger partial charge in [0.1, 0.15) is 11.6 Å². The van der Waals surface area contributed by atoms with Gasteiger partial charge >= 0.3 is 5.97 Å². The standard InChI is InChI=1S/C15H23N3O2/c1-10(15(19)20-4)9-18(3)14-12-7-5-6-8-13(12)16-11(2)17-14/h10H,5-9H2,1-4H3. The number of carbonyl (C=O) groups excluding carboxylic acids is 1. The molecule has 0 N–H and O–H groups in total. The topological polar surface area (TPSA) is 55.3 Å². The summed E-state index contributed by atoms with van der Waals surface area (Å²) in [6, 6.07) is 0. The Morgan fingerprint density at radius 3 is 2.75 bits per heavy atom. The summed E-state index contributed by atoms with van der Waals surface area (Å²) in [7, 11) is 3.41. The highest BCUT2D eigenvalue weighted by Gasteiger charge is 2.22. The Hall–Kier alpha value is -1.65. The highest BCUT2D eigenvalue weighted by Crippen LogP contribution is 2.27. The Balaban J connectivity index is 2.23. The summed E-state index contributed by atoms with van der Waals surface area (Å²) in [6.07, 6.45) is 4.45. The zero-order valence-electron chi connectivity index (χ0n) is 12.8. The lowest BCUT2D eigenvalue weighted by Gasteiger charge is -2.26. The molecule has 0 spiro atoms. The smallest absolute Gasteiger partial charge is 0.310 e. The van der Waals surface area contributed by atoms with E-state index < -0.39 is 0 Å². The molecule has 5 heteroatoms. The molecule has 1 aromatic rings. The predicted molar refractivity (Wildman–Crippen MR) is 77.9 cm³/mol. The van der Waals surface area contributed by atoms with Crippen LogP contribution in [0.3, 0.4) is 0 Å². The van der Waals surface area contributed by atoms with Crippen molar-refractivity contribution in [2.24, 2.45) is 5.92 Å². The quantitative estimate of drug-likeness (QED) is 0.787. The molecule has 1 atom stereocenters. The fraction of sp³-hybridized carbons (Fsp3) is 0.667. The van der Waals surface area contributed by atoms with E-state index in [4.69, 9.17) is 4.74 Å². The molecule has 1 unspecified atom stereocenters. The SMILES string of the molecule is COC(=O)C(C)CN(C)c1nc(C)nc2c1CCCC2. The third kappa shape index (κ3) is 3.08. The van der Waals surface area contributed by atoms with Crippen LogP contribution in [0, 0.1) is 12.8 Å². The highest BCUT2D eigenvalue weighted by molar-refractivity contribution is 5.72. The Kier molecular flexibility index (Phi) is 4.57. The number of hydrogen-bond acceptors (Lipinski definition) is 5. The van der Waals surface area contributed by atoms with Gasteiger partial charge < -0.3 is 9.64 Å². The van der Waals surface area contributed by atoms with Crippen LogP contribution in [-0.2, 0) is 22.4 Å². The number of rotatable bonds is 4. The van der Waals surface area contributed by atoms with Crippen LogP contribution in [0.5, 0.6) is 0 Å². The van der Waals surface area contributed by atoms with Crippen molar-refractivity contribution in [1.29, 1.82) is 0 Å². The van der Waals surface area contributed by atoms with E-state index in [1.54, 1.807) is 0 Å². The third-order valence-corrected chi connectivity index (χ3v) is 3.79. The van der Waals surface area contributed by atoms with Gasteiger partial charge in [-0.25, -0.2) is 9.97 Å². The summed E-state index contributed by atoms with van der Waals surface area (Å²) in [5.74, 6) is 1.43. The van der Waals surface area contributed by atoms with Crippen LogP contribution in [0.4, 0.5) is 5.82 Å². The van der Waals surface area contributed by atoms with E-state index in [1.165, 1.54) is 31.2 Å². The van der Waals surface area contributed by atoms with Gasteiger partial charge in [-0.15, -0.1) is 0 Å². The average molecular weight is 277 g/mol. The normalized spacial score (nSPS) is 15.4. The maximum Gasteiger partial charge on any atom is 0.310 e. The molecule has 0 bridgehead atoms. The maximum absolute atomic E-state index is 11.6. The molecule has 0 saturated heterocycles. The molecular weight excluding hydrogens is 254 g/mol. The van der Waals surface area contributed by atoms with Crippen molar-refractivity contribution in [1.82, 2.24) is 9.97 Å². The van der Waals surface area contributed by atoms with Crippen molar-refractivity contribution >= 4 is 11.8 Å². The summed E-state index contributed by atoms with van der Waals surface area (Å²) in [6.45, 7) is 4.41. The van der Waals surface area contributed by atoms with Gasteiger partial charge in [0.2, 0.25) is 0 Å². The number of methoxy groups -OCH3 is 1. The van der Waals surface area contributed by atoms with Gasteiger partial charge in [-0.05, 0) is 32.6 Å². The Morgan fingerprint density at radius 2 is 2.05 bits per heavy atom. The molecular formula is C15H23N3O2. The number of carbonyl (C=O) groups is 1. The Morgan fingerprint density at radius 1 is 1.35 bits per heavy atom.